The molecule has 4 rings (SSSR count). The van der Waals surface area contributed by atoms with Crippen LogP contribution in [0.15, 0.2) is 58.2 Å². The second kappa shape index (κ2) is 6.88. The maximum Gasteiger partial charge on any atom is 0.262 e. The zero-order valence-corrected chi connectivity index (χ0v) is 16.4. The minimum Gasteiger partial charge on any atom is -0.306 e. The van der Waals surface area contributed by atoms with Crippen molar-refractivity contribution >= 4 is 31.8 Å². The van der Waals surface area contributed by atoms with Gasteiger partial charge in [0.25, 0.3) is 5.56 Å². The molecule has 0 atom stereocenters. The van der Waals surface area contributed by atoms with Gasteiger partial charge in [0, 0.05) is 24.2 Å². The number of hydrogen-bond acceptors (Lipinski definition) is 4. The van der Waals surface area contributed by atoms with Gasteiger partial charge in [0.1, 0.15) is 5.52 Å². The minimum atomic E-state index is -3.64. The van der Waals surface area contributed by atoms with E-state index in [1.807, 2.05) is 31.2 Å². The van der Waals surface area contributed by atoms with Gasteiger partial charge in [-0.05, 0) is 32.0 Å². The summed E-state index contributed by atoms with van der Waals surface area (Å²) < 4.78 is 29.2. The zero-order valence-electron chi connectivity index (χ0n) is 15.6. The number of hydrogen-bond donors (Lipinski definition) is 2. The second-order valence-electron chi connectivity index (χ2n) is 6.76. The number of aryl methyl sites for hydroxylation is 2. The molecule has 0 unspecified atom stereocenters. The Hall–Kier alpha value is -2.97. The standard InChI is InChI=1S/C20H20N4O3S/c1-13-7-9-15(10-8-13)28(26,27)21-11-12-24-17-6-4-3-5-16(17)19-18(20(24)25)14(2)22-23-19/h3-10,21H,11-12H2,1-2H3,(H,22,23). The van der Waals surface area contributed by atoms with E-state index >= 15 is 0 Å². The van der Waals surface area contributed by atoms with E-state index in [0.29, 0.717) is 16.6 Å². The molecular formula is C20H20N4O3S. The molecular weight excluding hydrogens is 376 g/mol. The number of aromatic amines is 1. The molecule has 0 saturated carbocycles. The van der Waals surface area contributed by atoms with Crippen molar-refractivity contribution in [3.63, 3.8) is 0 Å². The number of fused-ring (bicyclic) bond motifs is 3. The van der Waals surface area contributed by atoms with Crippen molar-refractivity contribution in [2.24, 2.45) is 0 Å². The number of benzene rings is 2. The Bertz CT molecular complexity index is 1340. The number of sulfonamides is 1. The van der Waals surface area contributed by atoms with Crippen LogP contribution in [0.25, 0.3) is 21.8 Å². The average molecular weight is 396 g/mol. The van der Waals surface area contributed by atoms with E-state index in [2.05, 4.69) is 14.9 Å². The first-order chi connectivity index (χ1) is 13.4. The second-order valence-corrected chi connectivity index (χ2v) is 8.52. The highest BCUT2D eigenvalue weighted by Gasteiger charge is 2.17. The summed E-state index contributed by atoms with van der Waals surface area (Å²) in [6.45, 7) is 4.01. The van der Waals surface area contributed by atoms with Crippen LogP contribution in [0.4, 0.5) is 0 Å². The number of nitrogens with zero attached hydrogens (tertiary/aromatic N) is 2. The predicted octanol–water partition coefficient (Wildman–Crippen LogP) is 2.47. The molecule has 0 bridgehead atoms. The van der Waals surface area contributed by atoms with Crippen LogP contribution in [0.5, 0.6) is 0 Å². The third-order valence-electron chi connectivity index (χ3n) is 4.81. The molecule has 0 amide bonds. The number of rotatable bonds is 5. The van der Waals surface area contributed by atoms with Crippen molar-refractivity contribution in [3.8, 4) is 0 Å². The third kappa shape index (κ3) is 3.10. The monoisotopic (exact) mass is 396 g/mol. The number of pyridine rings is 1. The molecule has 28 heavy (non-hydrogen) atoms. The van der Waals surface area contributed by atoms with Crippen molar-refractivity contribution in [2.45, 2.75) is 25.3 Å². The van der Waals surface area contributed by atoms with Gasteiger partial charge >= 0.3 is 0 Å². The van der Waals surface area contributed by atoms with E-state index in [-0.39, 0.29) is 23.5 Å². The van der Waals surface area contributed by atoms with Crippen molar-refractivity contribution in [2.75, 3.05) is 6.54 Å². The van der Waals surface area contributed by atoms with E-state index in [9.17, 15) is 13.2 Å². The summed E-state index contributed by atoms with van der Waals surface area (Å²) in [6, 6.07) is 14.1. The topological polar surface area (TPSA) is 96.9 Å². The molecule has 0 fully saturated rings. The van der Waals surface area contributed by atoms with Crippen LogP contribution < -0.4 is 10.3 Å². The van der Waals surface area contributed by atoms with E-state index in [1.165, 1.54) is 0 Å². The lowest BCUT2D eigenvalue weighted by Gasteiger charge is -2.12. The molecule has 4 aromatic rings. The fourth-order valence-corrected chi connectivity index (χ4v) is 4.37. The highest BCUT2D eigenvalue weighted by atomic mass is 32.2. The van der Waals surface area contributed by atoms with Crippen molar-refractivity contribution in [1.29, 1.82) is 0 Å². The third-order valence-corrected chi connectivity index (χ3v) is 6.29. The van der Waals surface area contributed by atoms with Crippen molar-refractivity contribution in [1.82, 2.24) is 19.5 Å². The molecule has 2 N–H and O–H groups in total. The molecule has 0 aliphatic carbocycles. The number of aromatic nitrogens is 3. The van der Waals surface area contributed by atoms with Crippen LogP contribution in [-0.2, 0) is 16.6 Å². The summed E-state index contributed by atoms with van der Waals surface area (Å²) >= 11 is 0. The molecule has 0 radical (unpaired) electrons. The Kier molecular flexibility index (Phi) is 4.52. The average Bonchev–Trinajstić information content (AvgIpc) is 3.07. The molecule has 0 aliphatic rings. The maximum absolute atomic E-state index is 13.0. The van der Waals surface area contributed by atoms with Crippen LogP contribution in [0.1, 0.15) is 11.3 Å². The molecule has 7 nitrogen and oxygen atoms in total. The quantitative estimate of drug-likeness (QED) is 0.542. The lowest BCUT2D eigenvalue weighted by atomic mass is 10.1. The largest absolute Gasteiger partial charge is 0.306 e. The Balaban J connectivity index is 1.68. The Morgan fingerprint density at radius 2 is 1.79 bits per heavy atom. The van der Waals surface area contributed by atoms with Gasteiger partial charge in [-0.3, -0.25) is 9.89 Å². The summed E-state index contributed by atoms with van der Waals surface area (Å²) in [6.07, 6.45) is 0. The molecule has 0 spiro atoms. The first-order valence-electron chi connectivity index (χ1n) is 8.91. The lowest BCUT2D eigenvalue weighted by Crippen LogP contribution is -2.31. The van der Waals surface area contributed by atoms with E-state index < -0.39 is 10.0 Å². The molecule has 144 valence electrons. The number of para-hydroxylation sites is 1. The van der Waals surface area contributed by atoms with Crippen LogP contribution in [0.3, 0.4) is 0 Å². The normalized spacial score (nSPS) is 12.1. The zero-order chi connectivity index (χ0) is 19.9. The summed E-state index contributed by atoms with van der Waals surface area (Å²) in [5, 5.41) is 8.51. The maximum atomic E-state index is 13.0. The van der Waals surface area contributed by atoms with Crippen LogP contribution in [0.2, 0.25) is 0 Å². The number of nitrogens with one attached hydrogen (secondary N) is 2. The van der Waals surface area contributed by atoms with Crippen molar-refractivity contribution in [3.05, 3.63) is 70.1 Å². The van der Waals surface area contributed by atoms with Crippen molar-refractivity contribution < 1.29 is 8.42 Å². The smallest absolute Gasteiger partial charge is 0.262 e. The Morgan fingerprint density at radius 1 is 1.07 bits per heavy atom. The predicted molar refractivity (Wildman–Crippen MR) is 109 cm³/mol. The molecule has 8 heteroatoms. The fraction of sp³-hybridized carbons (Fsp3) is 0.200. The first-order valence-corrected chi connectivity index (χ1v) is 10.4. The summed E-state index contributed by atoms with van der Waals surface area (Å²) in [4.78, 5) is 13.2. The Labute approximate surface area is 162 Å². The van der Waals surface area contributed by atoms with Gasteiger partial charge in [0.05, 0.1) is 15.8 Å². The molecule has 2 heterocycles. The van der Waals surface area contributed by atoms with E-state index in [4.69, 9.17) is 0 Å². The minimum absolute atomic E-state index is 0.0997. The molecule has 0 aliphatic heterocycles. The SMILES string of the molecule is Cc1ccc(S(=O)(=O)NCCn2c(=O)c3c(C)[nH]nc3c3ccccc32)cc1. The van der Waals surface area contributed by atoms with Crippen LogP contribution in [0, 0.1) is 13.8 Å². The van der Waals surface area contributed by atoms with Crippen LogP contribution >= 0.6 is 0 Å². The molecule has 2 aromatic heterocycles. The van der Waals surface area contributed by atoms with Gasteiger partial charge in [0.15, 0.2) is 0 Å². The van der Waals surface area contributed by atoms with E-state index in [1.54, 1.807) is 35.8 Å². The van der Waals surface area contributed by atoms with Gasteiger partial charge in [-0.2, -0.15) is 5.10 Å². The highest BCUT2D eigenvalue weighted by Crippen LogP contribution is 2.22. The van der Waals surface area contributed by atoms with Crippen LogP contribution in [-0.4, -0.2) is 29.7 Å². The fourth-order valence-electron chi connectivity index (χ4n) is 3.35. The summed E-state index contributed by atoms with van der Waals surface area (Å²) in [5.41, 5.74) is 2.85. The molecule has 0 saturated heterocycles. The van der Waals surface area contributed by atoms with Gasteiger partial charge in [0.2, 0.25) is 10.0 Å². The van der Waals surface area contributed by atoms with E-state index in [0.717, 1.165) is 16.5 Å². The Morgan fingerprint density at radius 3 is 2.54 bits per heavy atom. The first kappa shape index (κ1) is 18.4. The highest BCUT2D eigenvalue weighted by molar-refractivity contribution is 7.89. The summed E-state index contributed by atoms with van der Waals surface area (Å²) in [5.74, 6) is 0. The number of H-pyrrole nitrogens is 1. The summed E-state index contributed by atoms with van der Waals surface area (Å²) in [7, 11) is -3.64. The lowest BCUT2D eigenvalue weighted by molar-refractivity contribution is 0.573. The van der Waals surface area contributed by atoms with Gasteiger partial charge in [-0.25, -0.2) is 13.1 Å². The van der Waals surface area contributed by atoms with Gasteiger partial charge in [-0.15, -0.1) is 0 Å². The van der Waals surface area contributed by atoms with Gasteiger partial charge < -0.3 is 4.57 Å². The molecule has 2 aromatic carbocycles. The van der Waals surface area contributed by atoms with Gasteiger partial charge in [-0.1, -0.05) is 35.9 Å².